The van der Waals surface area contributed by atoms with Crippen molar-refractivity contribution in [2.75, 3.05) is 5.32 Å². The third kappa shape index (κ3) is 4.40. The zero-order chi connectivity index (χ0) is 21.2. The summed E-state index contributed by atoms with van der Waals surface area (Å²) in [7, 11) is 0. The van der Waals surface area contributed by atoms with Crippen molar-refractivity contribution in [1.82, 2.24) is 4.98 Å². The lowest BCUT2D eigenvalue weighted by molar-refractivity contribution is -0.127. The summed E-state index contributed by atoms with van der Waals surface area (Å²) in [6, 6.07) is 18.9. The Kier molecular flexibility index (Phi) is 5.64. The molecule has 1 N–H and O–H groups in total. The summed E-state index contributed by atoms with van der Waals surface area (Å²) in [4.78, 5) is 18.0. The first-order valence-corrected chi connectivity index (χ1v) is 11.1. The van der Waals surface area contributed by atoms with Gasteiger partial charge in [0.25, 0.3) is 0 Å². The second-order valence-corrected chi connectivity index (χ2v) is 9.84. The van der Waals surface area contributed by atoms with Crippen LogP contribution >= 0.6 is 0 Å². The number of carbonyl (C=O) groups is 1. The topological polar surface area (TPSA) is 42.0 Å². The molecule has 4 rings (SSSR count). The first kappa shape index (κ1) is 20.6. The maximum Gasteiger partial charge on any atom is 0.230 e. The zero-order valence-electron chi connectivity index (χ0n) is 18.4. The molecular weight excluding hydrogens is 368 g/mol. The highest BCUT2D eigenvalue weighted by Gasteiger charge is 2.39. The third-order valence-electron chi connectivity index (χ3n) is 6.50. The molecule has 1 aromatic heterocycles. The number of rotatable bonds is 4. The van der Waals surface area contributed by atoms with Gasteiger partial charge < -0.3 is 5.32 Å². The number of hydrogen-bond acceptors (Lipinski definition) is 2. The second-order valence-electron chi connectivity index (χ2n) is 9.84. The smallest absolute Gasteiger partial charge is 0.230 e. The predicted octanol–water partition coefficient (Wildman–Crippen LogP) is 6.66. The fourth-order valence-corrected chi connectivity index (χ4v) is 4.63. The number of benzene rings is 2. The van der Waals surface area contributed by atoms with Crippen molar-refractivity contribution < 1.29 is 4.79 Å². The van der Waals surface area contributed by atoms with Gasteiger partial charge in [-0.1, -0.05) is 82.5 Å². The number of hydrogen-bond donors (Lipinski definition) is 1. The molecule has 156 valence electrons. The lowest BCUT2D eigenvalue weighted by Gasteiger charge is -2.36. The highest BCUT2D eigenvalue weighted by molar-refractivity contribution is 5.97. The van der Waals surface area contributed by atoms with Crippen LogP contribution < -0.4 is 5.32 Å². The van der Waals surface area contributed by atoms with Crippen LogP contribution in [-0.4, -0.2) is 10.9 Å². The summed E-state index contributed by atoms with van der Waals surface area (Å²) < 4.78 is 0. The molecule has 0 bridgehead atoms. The van der Waals surface area contributed by atoms with Gasteiger partial charge in [0.05, 0.1) is 22.8 Å². The predicted molar refractivity (Wildman–Crippen MR) is 125 cm³/mol. The minimum atomic E-state index is -0.340. The molecular formula is C27H32N2O. The number of amides is 1. The Bertz CT molecular complexity index is 1020. The van der Waals surface area contributed by atoms with Crippen molar-refractivity contribution in [2.24, 2.45) is 5.41 Å². The molecule has 30 heavy (non-hydrogen) atoms. The maximum absolute atomic E-state index is 13.5. The van der Waals surface area contributed by atoms with Gasteiger partial charge in [0.1, 0.15) is 0 Å². The highest BCUT2D eigenvalue weighted by atomic mass is 16.2. The van der Waals surface area contributed by atoms with E-state index in [-0.39, 0.29) is 16.7 Å². The van der Waals surface area contributed by atoms with Crippen molar-refractivity contribution in [3.05, 3.63) is 71.9 Å². The van der Waals surface area contributed by atoms with Crippen LogP contribution in [0.15, 0.2) is 60.8 Å². The number of anilines is 1. The number of para-hydroxylation sites is 1. The molecule has 1 aliphatic carbocycles. The quantitative estimate of drug-likeness (QED) is 0.532. The lowest BCUT2D eigenvalue weighted by Crippen LogP contribution is -2.40. The molecule has 1 aliphatic rings. The first-order chi connectivity index (χ1) is 14.4. The fourth-order valence-electron chi connectivity index (χ4n) is 4.63. The van der Waals surface area contributed by atoms with Gasteiger partial charge in [-0.3, -0.25) is 9.78 Å². The Balaban J connectivity index is 1.56. The SMILES string of the molecule is CC(C)(C)c1ccc(CC2(C(=O)Nc3cnc4ccccc4c3)CCCCC2)cc1. The van der Waals surface area contributed by atoms with Crippen LogP contribution in [0, 0.1) is 5.41 Å². The van der Waals surface area contributed by atoms with Gasteiger partial charge in [-0.25, -0.2) is 0 Å². The summed E-state index contributed by atoms with van der Waals surface area (Å²) >= 11 is 0. The number of nitrogens with one attached hydrogen (secondary N) is 1. The van der Waals surface area contributed by atoms with E-state index in [1.165, 1.54) is 17.5 Å². The summed E-state index contributed by atoms with van der Waals surface area (Å²) in [6.45, 7) is 6.70. The van der Waals surface area contributed by atoms with Crippen molar-refractivity contribution >= 4 is 22.5 Å². The fraction of sp³-hybridized carbons (Fsp3) is 0.407. The molecule has 0 atom stereocenters. The van der Waals surface area contributed by atoms with E-state index < -0.39 is 0 Å². The van der Waals surface area contributed by atoms with Gasteiger partial charge >= 0.3 is 0 Å². The average Bonchev–Trinajstić information content (AvgIpc) is 2.74. The standard InChI is InChI=1S/C27H32N2O/c1-26(2,3)22-13-11-20(12-14-22)18-27(15-7-4-8-16-27)25(30)29-23-17-21-9-5-6-10-24(21)28-19-23/h5-6,9-14,17,19H,4,7-8,15-16,18H2,1-3H3,(H,29,30). The van der Waals surface area contributed by atoms with E-state index in [9.17, 15) is 4.79 Å². The molecule has 3 aromatic rings. The summed E-state index contributed by atoms with van der Waals surface area (Å²) in [6.07, 6.45) is 7.91. The van der Waals surface area contributed by atoms with Crippen LogP contribution in [-0.2, 0) is 16.6 Å². The van der Waals surface area contributed by atoms with Gasteiger partial charge in [-0.2, -0.15) is 0 Å². The van der Waals surface area contributed by atoms with Gasteiger partial charge in [0.15, 0.2) is 0 Å². The van der Waals surface area contributed by atoms with E-state index in [2.05, 4.69) is 55.3 Å². The van der Waals surface area contributed by atoms with Crippen LogP contribution in [0.4, 0.5) is 5.69 Å². The van der Waals surface area contributed by atoms with E-state index in [1.807, 2.05) is 30.3 Å². The summed E-state index contributed by atoms with van der Waals surface area (Å²) in [5, 5.41) is 4.25. The number of pyridine rings is 1. The van der Waals surface area contributed by atoms with Gasteiger partial charge in [0, 0.05) is 5.39 Å². The molecule has 1 saturated carbocycles. The minimum Gasteiger partial charge on any atom is -0.324 e. The van der Waals surface area contributed by atoms with Gasteiger partial charge in [-0.05, 0) is 47.9 Å². The average molecular weight is 401 g/mol. The van der Waals surface area contributed by atoms with Crippen molar-refractivity contribution in [3.63, 3.8) is 0 Å². The van der Waals surface area contributed by atoms with Crippen LogP contribution in [0.3, 0.4) is 0 Å². The van der Waals surface area contributed by atoms with E-state index in [1.54, 1.807) is 6.20 Å². The van der Waals surface area contributed by atoms with Crippen LogP contribution in [0.25, 0.3) is 10.9 Å². The molecule has 0 radical (unpaired) electrons. The molecule has 0 aliphatic heterocycles. The van der Waals surface area contributed by atoms with Crippen LogP contribution in [0.1, 0.15) is 64.0 Å². The molecule has 1 amide bonds. The normalized spacial score (nSPS) is 16.4. The molecule has 0 unspecified atom stereocenters. The molecule has 0 spiro atoms. The van der Waals surface area contributed by atoms with E-state index in [0.29, 0.717) is 0 Å². The highest BCUT2D eigenvalue weighted by Crippen LogP contribution is 2.40. The Morgan fingerprint density at radius 3 is 2.40 bits per heavy atom. The monoisotopic (exact) mass is 400 g/mol. The Labute approximate surface area is 179 Å². The Morgan fingerprint density at radius 2 is 1.70 bits per heavy atom. The van der Waals surface area contributed by atoms with E-state index >= 15 is 0 Å². The molecule has 3 heteroatoms. The largest absolute Gasteiger partial charge is 0.324 e. The molecule has 1 fully saturated rings. The number of aromatic nitrogens is 1. The Morgan fingerprint density at radius 1 is 1.00 bits per heavy atom. The van der Waals surface area contributed by atoms with Crippen molar-refractivity contribution in [1.29, 1.82) is 0 Å². The van der Waals surface area contributed by atoms with Crippen molar-refractivity contribution in [2.45, 2.75) is 64.7 Å². The van der Waals surface area contributed by atoms with E-state index in [0.717, 1.165) is 48.7 Å². The first-order valence-electron chi connectivity index (χ1n) is 11.1. The summed E-state index contributed by atoms with van der Waals surface area (Å²) in [5.74, 6) is 0.138. The molecule has 0 saturated heterocycles. The van der Waals surface area contributed by atoms with Gasteiger partial charge in [0.2, 0.25) is 5.91 Å². The maximum atomic E-state index is 13.5. The van der Waals surface area contributed by atoms with E-state index in [4.69, 9.17) is 0 Å². The second kappa shape index (κ2) is 8.22. The number of carbonyl (C=O) groups excluding carboxylic acids is 1. The zero-order valence-corrected chi connectivity index (χ0v) is 18.4. The van der Waals surface area contributed by atoms with Crippen molar-refractivity contribution in [3.8, 4) is 0 Å². The molecule has 1 heterocycles. The third-order valence-corrected chi connectivity index (χ3v) is 6.50. The van der Waals surface area contributed by atoms with Gasteiger partial charge in [-0.15, -0.1) is 0 Å². The van der Waals surface area contributed by atoms with Crippen LogP contribution in [0.5, 0.6) is 0 Å². The molecule has 2 aromatic carbocycles. The van der Waals surface area contributed by atoms with Crippen LogP contribution in [0.2, 0.25) is 0 Å². The minimum absolute atomic E-state index is 0.138. The molecule has 3 nitrogen and oxygen atoms in total. The number of fused-ring (bicyclic) bond motifs is 1. The Hall–Kier alpha value is -2.68. The lowest BCUT2D eigenvalue weighted by atomic mass is 9.69. The number of nitrogens with zero attached hydrogens (tertiary/aromatic N) is 1. The summed E-state index contributed by atoms with van der Waals surface area (Å²) in [5.41, 5.74) is 4.11.